The van der Waals surface area contributed by atoms with Crippen LogP contribution in [0.15, 0.2) is 53.9 Å². The molecule has 3 aromatic heterocycles. The second-order valence-corrected chi connectivity index (χ2v) is 8.57. The van der Waals surface area contributed by atoms with Gasteiger partial charge in [-0.15, -0.1) is 11.3 Å². The molecule has 0 saturated carbocycles. The van der Waals surface area contributed by atoms with E-state index in [9.17, 15) is 13.6 Å². The molecule has 0 spiro atoms. The number of nitrogens with two attached hydrogens (primary N) is 1. The minimum absolute atomic E-state index is 0.0275. The molecule has 0 aliphatic heterocycles. The Kier molecular flexibility index (Phi) is 5.68. The van der Waals surface area contributed by atoms with Gasteiger partial charge in [-0.05, 0) is 35.0 Å². The first kappa shape index (κ1) is 21.9. The Balaban J connectivity index is 1.45. The Morgan fingerprint density at radius 1 is 1.09 bits per heavy atom. The molecule has 170 valence electrons. The normalized spacial score (nSPS) is 11.1. The van der Waals surface area contributed by atoms with Gasteiger partial charge in [0.2, 0.25) is 5.82 Å². The number of carbonyl (C=O) groups is 1. The van der Waals surface area contributed by atoms with Crippen molar-refractivity contribution in [3.63, 3.8) is 0 Å². The standard InChI is InChI=1S/C23H15ClF2N6OS/c24-18-13(25)5-6-14(19(18)26)28-10-16-12-4-2-1-3-11(12)9-17(29-16)31-23(33)22-30-15-7-8-34-20(15)21(27)32-22/h1-9,28H,10H2,(H2,27,30,32)(H,29,31,33). The summed E-state index contributed by atoms with van der Waals surface area (Å²) in [6.07, 6.45) is 0. The van der Waals surface area contributed by atoms with Gasteiger partial charge in [-0.25, -0.2) is 23.7 Å². The number of aromatic nitrogens is 3. The summed E-state index contributed by atoms with van der Waals surface area (Å²) in [6.45, 7) is 0.0907. The summed E-state index contributed by atoms with van der Waals surface area (Å²) >= 11 is 7.06. The number of halogens is 3. The highest BCUT2D eigenvalue weighted by molar-refractivity contribution is 7.17. The average Bonchev–Trinajstić information content (AvgIpc) is 3.31. The zero-order valence-corrected chi connectivity index (χ0v) is 18.8. The lowest BCUT2D eigenvalue weighted by molar-refractivity contribution is 0.101. The van der Waals surface area contributed by atoms with Gasteiger partial charge in [0.1, 0.15) is 22.5 Å². The number of fused-ring (bicyclic) bond motifs is 2. The smallest absolute Gasteiger partial charge is 0.294 e. The number of carbonyl (C=O) groups excluding carboxylic acids is 1. The molecule has 0 bridgehead atoms. The van der Waals surface area contributed by atoms with Crippen LogP contribution < -0.4 is 16.4 Å². The minimum atomic E-state index is -0.894. The molecule has 0 aliphatic carbocycles. The van der Waals surface area contributed by atoms with Crippen molar-refractivity contribution in [3.05, 3.63) is 82.1 Å². The largest absolute Gasteiger partial charge is 0.382 e. The Hall–Kier alpha value is -3.89. The summed E-state index contributed by atoms with van der Waals surface area (Å²) in [6, 6.07) is 13.2. The highest BCUT2D eigenvalue weighted by Gasteiger charge is 2.16. The van der Waals surface area contributed by atoms with E-state index in [-0.39, 0.29) is 29.7 Å². The van der Waals surface area contributed by atoms with E-state index in [0.29, 0.717) is 15.9 Å². The molecule has 0 radical (unpaired) electrons. The quantitative estimate of drug-likeness (QED) is 0.273. The second kappa shape index (κ2) is 8.81. The van der Waals surface area contributed by atoms with Crippen molar-refractivity contribution < 1.29 is 13.6 Å². The van der Waals surface area contributed by atoms with Gasteiger partial charge >= 0.3 is 0 Å². The number of thiophene rings is 1. The molecular formula is C23H15ClF2N6OS. The molecule has 0 aliphatic rings. The van der Waals surface area contributed by atoms with Crippen LogP contribution in [0.1, 0.15) is 16.3 Å². The van der Waals surface area contributed by atoms with Crippen LogP contribution in [-0.4, -0.2) is 20.9 Å². The fraction of sp³-hybridized carbons (Fsp3) is 0.0435. The Bertz CT molecular complexity index is 1570. The van der Waals surface area contributed by atoms with Crippen LogP contribution >= 0.6 is 22.9 Å². The first-order chi connectivity index (χ1) is 16.4. The maximum Gasteiger partial charge on any atom is 0.294 e. The Morgan fingerprint density at radius 2 is 1.91 bits per heavy atom. The molecule has 0 unspecified atom stereocenters. The second-order valence-electron chi connectivity index (χ2n) is 7.27. The molecule has 0 fully saturated rings. The topological polar surface area (TPSA) is 106 Å². The van der Waals surface area contributed by atoms with Crippen molar-refractivity contribution in [1.29, 1.82) is 0 Å². The number of nitrogen functional groups attached to an aromatic ring is 1. The van der Waals surface area contributed by atoms with E-state index in [1.54, 1.807) is 12.1 Å². The van der Waals surface area contributed by atoms with Crippen molar-refractivity contribution in [2.75, 3.05) is 16.4 Å². The van der Waals surface area contributed by atoms with Gasteiger partial charge in [-0.3, -0.25) is 4.79 Å². The van der Waals surface area contributed by atoms with E-state index < -0.39 is 22.6 Å². The number of nitrogens with one attached hydrogen (secondary N) is 2. The van der Waals surface area contributed by atoms with Crippen LogP contribution in [0.4, 0.5) is 26.1 Å². The van der Waals surface area contributed by atoms with Crippen molar-refractivity contribution in [2.24, 2.45) is 0 Å². The van der Waals surface area contributed by atoms with Crippen LogP contribution in [0.5, 0.6) is 0 Å². The Labute approximate surface area is 200 Å². The van der Waals surface area contributed by atoms with Gasteiger partial charge in [-0.1, -0.05) is 35.9 Å². The number of hydrogen-bond acceptors (Lipinski definition) is 7. The predicted molar refractivity (Wildman–Crippen MR) is 130 cm³/mol. The molecule has 0 atom stereocenters. The lowest BCUT2D eigenvalue weighted by Crippen LogP contribution is -2.18. The zero-order valence-electron chi connectivity index (χ0n) is 17.3. The first-order valence-corrected chi connectivity index (χ1v) is 11.2. The minimum Gasteiger partial charge on any atom is -0.382 e. The molecule has 11 heteroatoms. The number of pyridine rings is 1. The van der Waals surface area contributed by atoms with Crippen LogP contribution in [0.3, 0.4) is 0 Å². The maximum absolute atomic E-state index is 14.3. The molecule has 5 rings (SSSR count). The summed E-state index contributed by atoms with van der Waals surface area (Å²) in [4.78, 5) is 25.7. The summed E-state index contributed by atoms with van der Waals surface area (Å²) in [7, 11) is 0. The van der Waals surface area contributed by atoms with Gasteiger partial charge in [0.05, 0.1) is 28.1 Å². The number of rotatable bonds is 5. The SMILES string of the molecule is Nc1nc(C(=O)Nc2cc3ccccc3c(CNc3ccc(F)c(Cl)c3F)n2)nc2ccsc12. The van der Waals surface area contributed by atoms with Gasteiger partial charge in [-0.2, -0.15) is 0 Å². The molecule has 0 saturated heterocycles. The predicted octanol–water partition coefficient (Wildman–Crippen LogP) is 5.62. The third-order valence-corrected chi connectivity index (χ3v) is 6.35. The number of nitrogens with zero attached hydrogens (tertiary/aromatic N) is 3. The lowest BCUT2D eigenvalue weighted by atomic mass is 10.1. The lowest BCUT2D eigenvalue weighted by Gasteiger charge is -2.13. The highest BCUT2D eigenvalue weighted by atomic mass is 35.5. The van der Waals surface area contributed by atoms with Crippen LogP contribution in [-0.2, 0) is 6.54 Å². The third-order valence-electron chi connectivity index (χ3n) is 5.08. The third kappa shape index (κ3) is 4.09. The number of amides is 1. The molecule has 3 heterocycles. The van der Waals surface area contributed by atoms with Crippen molar-refractivity contribution in [1.82, 2.24) is 15.0 Å². The van der Waals surface area contributed by atoms with Crippen molar-refractivity contribution in [2.45, 2.75) is 6.54 Å². The van der Waals surface area contributed by atoms with Gasteiger partial charge in [0.25, 0.3) is 5.91 Å². The van der Waals surface area contributed by atoms with E-state index in [1.165, 1.54) is 17.4 Å². The van der Waals surface area contributed by atoms with E-state index in [1.807, 2.05) is 29.6 Å². The molecule has 4 N–H and O–H groups in total. The highest BCUT2D eigenvalue weighted by Crippen LogP contribution is 2.28. The molecule has 1 amide bonds. The van der Waals surface area contributed by atoms with E-state index in [4.69, 9.17) is 17.3 Å². The maximum atomic E-state index is 14.3. The molecule has 7 nitrogen and oxygen atoms in total. The monoisotopic (exact) mass is 496 g/mol. The summed E-state index contributed by atoms with van der Waals surface area (Å²) in [5.41, 5.74) is 7.09. The molecule has 2 aromatic carbocycles. The summed E-state index contributed by atoms with van der Waals surface area (Å²) < 4.78 is 28.5. The number of hydrogen-bond donors (Lipinski definition) is 3. The molecular weight excluding hydrogens is 482 g/mol. The van der Waals surface area contributed by atoms with E-state index in [2.05, 4.69) is 25.6 Å². The molecule has 5 aromatic rings. The average molecular weight is 497 g/mol. The Morgan fingerprint density at radius 3 is 2.76 bits per heavy atom. The summed E-state index contributed by atoms with van der Waals surface area (Å²) in [5, 5.41) is 8.41. The van der Waals surface area contributed by atoms with Crippen LogP contribution in [0.25, 0.3) is 21.0 Å². The van der Waals surface area contributed by atoms with Crippen molar-refractivity contribution in [3.8, 4) is 0 Å². The van der Waals surface area contributed by atoms with Crippen molar-refractivity contribution >= 4 is 67.2 Å². The summed E-state index contributed by atoms with van der Waals surface area (Å²) in [5.74, 6) is -1.92. The molecule has 34 heavy (non-hydrogen) atoms. The van der Waals surface area contributed by atoms with E-state index >= 15 is 0 Å². The number of benzene rings is 2. The van der Waals surface area contributed by atoms with Gasteiger partial charge in [0, 0.05) is 5.39 Å². The van der Waals surface area contributed by atoms with Crippen LogP contribution in [0, 0.1) is 11.6 Å². The van der Waals surface area contributed by atoms with Crippen LogP contribution in [0.2, 0.25) is 5.02 Å². The van der Waals surface area contributed by atoms with Gasteiger partial charge < -0.3 is 16.4 Å². The van der Waals surface area contributed by atoms with Gasteiger partial charge in [0.15, 0.2) is 5.82 Å². The first-order valence-electron chi connectivity index (χ1n) is 9.99. The fourth-order valence-corrected chi connectivity index (χ4v) is 4.37. The zero-order chi connectivity index (χ0) is 23.8. The fourth-order valence-electron chi connectivity index (χ4n) is 3.47. The number of anilines is 3. The van der Waals surface area contributed by atoms with E-state index in [0.717, 1.165) is 16.8 Å².